The second kappa shape index (κ2) is 11.5. The molecule has 12 heteroatoms. The fourth-order valence-electron chi connectivity index (χ4n) is 3.89. The van der Waals surface area contributed by atoms with Crippen LogP contribution in [0.25, 0.3) is 0 Å². The van der Waals surface area contributed by atoms with Crippen LogP contribution in [0.4, 0.5) is 10.8 Å². The van der Waals surface area contributed by atoms with E-state index < -0.39 is 15.9 Å². The lowest BCUT2D eigenvalue weighted by atomic mass is 10.1. The highest BCUT2D eigenvalue weighted by Crippen LogP contribution is 2.26. The van der Waals surface area contributed by atoms with E-state index in [4.69, 9.17) is 0 Å². The molecule has 1 fully saturated rings. The number of carbonyl (C=O) groups excluding carboxylic acids is 2. The molecule has 0 spiro atoms. The highest BCUT2D eigenvalue weighted by Gasteiger charge is 2.26. The molecule has 1 aliphatic rings. The van der Waals surface area contributed by atoms with E-state index in [1.165, 1.54) is 40.3 Å². The standard InChI is InChI=1S/C24H27N5O4S3/c1-16-12-17(2)14-19(13-16)25-21(30)15-34-24-28-27-23(35-24)26-22(31)18-6-8-20(9-7-18)36(32,33)29-10-4-3-5-11-29/h6-9,12-14H,3-5,10-11,15H2,1-2H3,(H,25,30)(H,26,27,31). The molecule has 0 unspecified atom stereocenters. The minimum Gasteiger partial charge on any atom is -0.325 e. The molecule has 1 aromatic heterocycles. The van der Waals surface area contributed by atoms with Crippen LogP contribution in [0.15, 0.2) is 51.7 Å². The van der Waals surface area contributed by atoms with E-state index in [0.29, 0.717) is 28.1 Å². The van der Waals surface area contributed by atoms with Crippen LogP contribution in [0.2, 0.25) is 0 Å². The van der Waals surface area contributed by atoms with Gasteiger partial charge in [0.1, 0.15) is 0 Å². The molecular formula is C24H27N5O4S3. The van der Waals surface area contributed by atoms with E-state index in [0.717, 1.165) is 47.4 Å². The number of piperidine rings is 1. The summed E-state index contributed by atoms with van der Waals surface area (Å²) < 4.78 is 27.6. The lowest BCUT2D eigenvalue weighted by Crippen LogP contribution is -2.35. The molecular weight excluding hydrogens is 518 g/mol. The third-order valence-corrected chi connectivity index (χ3v) is 9.41. The van der Waals surface area contributed by atoms with E-state index in [2.05, 4.69) is 20.8 Å². The normalized spacial score (nSPS) is 14.4. The zero-order valence-electron chi connectivity index (χ0n) is 20.0. The van der Waals surface area contributed by atoms with Gasteiger partial charge in [-0.2, -0.15) is 4.31 Å². The molecule has 2 heterocycles. The first-order valence-electron chi connectivity index (χ1n) is 11.5. The molecule has 4 rings (SSSR count). The van der Waals surface area contributed by atoms with Gasteiger partial charge in [0, 0.05) is 24.3 Å². The fraction of sp³-hybridized carbons (Fsp3) is 0.333. The molecule has 190 valence electrons. The molecule has 36 heavy (non-hydrogen) atoms. The van der Waals surface area contributed by atoms with Gasteiger partial charge in [0.15, 0.2) is 4.34 Å². The van der Waals surface area contributed by atoms with Gasteiger partial charge in [-0.1, -0.05) is 35.6 Å². The largest absolute Gasteiger partial charge is 0.325 e. The number of anilines is 2. The molecule has 0 aliphatic carbocycles. The van der Waals surface area contributed by atoms with Crippen molar-refractivity contribution in [3.05, 3.63) is 59.2 Å². The lowest BCUT2D eigenvalue weighted by Gasteiger charge is -2.25. The molecule has 0 atom stereocenters. The predicted octanol–water partition coefficient (Wildman–Crippen LogP) is 4.31. The Kier molecular flexibility index (Phi) is 8.39. The average Bonchev–Trinajstić information content (AvgIpc) is 3.30. The number of hydrogen-bond donors (Lipinski definition) is 2. The Morgan fingerprint density at radius 3 is 2.31 bits per heavy atom. The number of rotatable bonds is 8. The van der Waals surface area contributed by atoms with E-state index in [-0.39, 0.29) is 16.6 Å². The SMILES string of the molecule is Cc1cc(C)cc(NC(=O)CSc2nnc(NC(=O)c3ccc(S(=O)(=O)N4CCCCC4)cc3)s2)c1. The minimum atomic E-state index is -3.55. The quantitative estimate of drug-likeness (QED) is 0.319. The summed E-state index contributed by atoms with van der Waals surface area (Å²) in [5.74, 6) is -0.426. The van der Waals surface area contributed by atoms with Crippen LogP contribution >= 0.6 is 23.1 Å². The van der Waals surface area contributed by atoms with Gasteiger partial charge in [0.2, 0.25) is 21.1 Å². The fourth-order valence-corrected chi connectivity index (χ4v) is 6.96. The summed E-state index contributed by atoms with van der Waals surface area (Å²) in [5.41, 5.74) is 3.20. The van der Waals surface area contributed by atoms with Gasteiger partial charge >= 0.3 is 0 Å². The van der Waals surface area contributed by atoms with Crippen molar-refractivity contribution in [2.45, 2.75) is 42.3 Å². The van der Waals surface area contributed by atoms with Gasteiger partial charge in [-0.25, -0.2) is 8.42 Å². The average molecular weight is 546 g/mol. The topological polar surface area (TPSA) is 121 Å². The Bertz CT molecular complexity index is 1330. The lowest BCUT2D eigenvalue weighted by molar-refractivity contribution is -0.113. The maximum atomic E-state index is 12.8. The van der Waals surface area contributed by atoms with Crippen LogP contribution in [0.1, 0.15) is 40.7 Å². The van der Waals surface area contributed by atoms with Gasteiger partial charge in [0.05, 0.1) is 10.6 Å². The summed E-state index contributed by atoms with van der Waals surface area (Å²) in [6.45, 7) is 4.99. The van der Waals surface area contributed by atoms with Crippen molar-refractivity contribution < 1.29 is 18.0 Å². The van der Waals surface area contributed by atoms with Crippen LogP contribution in [-0.4, -0.2) is 53.6 Å². The van der Waals surface area contributed by atoms with Gasteiger partial charge in [-0.15, -0.1) is 10.2 Å². The summed E-state index contributed by atoms with van der Waals surface area (Å²) >= 11 is 2.39. The summed E-state index contributed by atoms with van der Waals surface area (Å²) in [6.07, 6.45) is 2.76. The van der Waals surface area contributed by atoms with Gasteiger partial charge in [-0.3, -0.25) is 14.9 Å². The van der Waals surface area contributed by atoms with E-state index in [1.54, 1.807) is 0 Å². The van der Waals surface area contributed by atoms with Crippen molar-refractivity contribution in [1.82, 2.24) is 14.5 Å². The number of nitrogens with zero attached hydrogens (tertiary/aromatic N) is 3. The molecule has 0 radical (unpaired) electrons. The van der Waals surface area contributed by atoms with Crippen molar-refractivity contribution in [3.63, 3.8) is 0 Å². The Balaban J connectivity index is 1.30. The molecule has 2 N–H and O–H groups in total. The first-order chi connectivity index (χ1) is 17.2. The number of benzene rings is 2. The van der Waals surface area contributed by atoms with Crippen molar-refractivity contribution in [1.29, 1.82) is 0 Å². The van der Waals surface area contributed by atoms with Crippen molar-refractivity contribution in [2.75, 3.05) is 29.5 Å². The van der Waals surface area contributed by atoms with Crippen LogP contribution < -0.4 is 10.6 Å². The second-order valence-corrected chi connectivity index (χ2v) is 12.7. The second-order valence-electron chi connectivity index (χ2n) is 8.53. The summed E-state index contributed by atoms with van der Waals surface area (Å²) in [7, 11) is -3.55. The number of nitrogens with one attached hydrogen (secondary N) is 2. The van der Waals surface area contributed by atoms with Crippen LogP contribution in [-0.2, 0) is 14.8 Å². The molecule has 2 aromatic carbocycles. The van der Waals surface area contributed by atoms with Crippen molar-refractivity contribution in [2.24, 2.45) is 0 Å². The third kappa shape index (κ3) is 6.69. The van der Waals surface area contributed by atoms with Crippen LogP contribution in [0.3, 0.4) is 0 Å². The molecule has 0 bridgehead atoms. The first kappa shape index (κ1) is 26.3. The molecule has 9 nitrogen and oxygen atoms in total. The smallest absolute Gasteiger partial charge is 0.257 e. The van der Waals surface area contributed by atoms with E-state index in [1.807, 2.05) is 32.0 Å². The maximum absolute atomic E-state index is 12.8. The monoisotopic (exact) mass is 545 g/mol. The summed E-state index contributed by atoms with van der Waals surface area (Å²) in [6, 6.07) is 11.7. The molecule has 1 saturated heterocycles. The molecule has 1 aliphatic heterocycles. The Morgan fingerprint density at radius 1 is 0.972 bits per heavy atom. The van der Waals surface area contributed by atoms with Gasteiger partial charge < -0.3 is 5.32 Å². The number of sulfonamides is 1. The molecule has 3 aromatic rings. The minimum absolute atomic E-state index is 0.155. The first-order valence-corrected chi connectivity index (χ1v) is 14.7. The Morgan fingerprint density at radius 2 is 1.64 bits per heavy atom. The zero-order valence-corrected chi connectivity index (χ0v) is 22.4. The van der Waals surface area contributed by atoms with E-state index in [9.17, 15) is 18.0 Å². The molecule has 2 amide bonds. The number of aromatic nitrogens is 2. The summed E-state index contributed by atoms with van der Waals surface area (Å²) in [4.78, 5) is 25.1. The number of carbonyl (C=O) groups is 2. The summed E-state index contributed by atoms with van der Waals surface area (Å²) in [5, 5.41) is 13.8. The molecule has 0 saturated carbocycles. The number of amides is 2. The van der Waals surface area contributed by atoms with Crippen LogP contribution in [0, 0.1) is 13.8 Å². The van der Waals surface area contributed by atoms with Crippen LogP contribution in [0.5, 0.6) is 0 Å². The van der Waals surface area contributed by atoms with Crippen molar-refractivity contribution in [3.8, 4) is 0 Å². The number of hydrogen-bond acceptors (Lipinski definition) is 8. The highest BCUT2D eigenvalue weighted by atomic mass is 32.2. The highest BCUT2D eigenvalue weighted by molar-refractivity contribution is 8.01. The third-order valence-electron chi connectivity index (χ3n) is 5.53. The Hall–Kier alpha value is -2.80. The zero-order chi connectivity index (χ0) is 25.7. The van der Waals surface area contributed by atoms with Gasteiger partial charge in [-0.05, 0) is 74.2 Å². The predicted molar refractivity (Wildman–Crippen MR) is 142 cm³/mol. The van der Waals surface area contributed by atoms with Gasteiger partial charge in [0.25, 0.3) is 5.91 Å². The number of thioether (sulfide) groups is 1. The van der Waals surface area contributed by atoms with Crippen molar-refractivity contribution >= 4 is 55.8 Å². The Labute approximate surface area is 218 Å². The van der Waals surface area contributed by atoms with E-state index >= 15 is 0 Å². The number of aryl methyl sites for hydroxylation is 2. The maximum Gasteiger partial charge on any atom is 0.257 e.